The summed E-state index contributed by atoms with van der Waals surface area (Å²) in [5, 5.41) is 21.2. The topological polar surface area (TPSA) is 49.7 Å². The third-order valence-corrected chi connectivity index (χ3v) is 6.41. The summed E-state index contributed by atoms with van der Waals surface area (Å²) >= 11 is 0. The van der Waals surface area contributed by atoms with Crippen molar-refractivity contribution in [3.8, 4) is 0 Å². The lowest BCUT2D eigenvalue weighted by atomic mass is 9.50. The third-order valence-electron chi connectivity index (χ3n) is 6.41. The highest BCUT2D eigenvalue weighted by Gasteiger charge is 2.72. The molecule has 0 amide bonds. The number of ether oxygens (including phenoxy) is 1. The van der Waals surface area contributed by atoms with Crippen LogP contribution in [0.1, 0.15) is 59.8 Å². The Bertz CT molecular complexity index is 369. The zero-order valence-electron chi connectivity index (χ0n) is 12.0. The van der Waals surface area contributed by atoms with Crippen molar-refractivity contribution < 1.29 is 14.9 Å². The van der Waals surface area contributed by atoms with E-state index in [1.54, 1.807) is 6.92 Å². The van der Waals surface area contributed by atoms with Crippen LogP contribution in [0, 0.1) is 11.3 Å². The first kappa shape index (κ1) is 12.9. The van der Waals surface area contributed by atoms with Crippen molar-refractivity contribution >= 4 is 0 Å². The van der Waals surface area contributed by atoms with Crippen LogP contribution in [-0.2, 0) is 4.74 Å². The summed E-state index contributed by atoms with van der Waals surface area (Å²) in [6, 6.07) is 0. The number of rotatable bonds is 0. The van der Waals surface area contributed by atoms with Crippen LogP contribution in [0.15, 0.2) is 0 Å². The maximum Gasteiger partial charge on any atom is 0.117 e. The molecule has 1 aliphatic heterocycles. The summed E-state index contributed by atoms with van der Waals surface area (Å²) in [7, 11) is 0. The Morgan fingerprint density at radius 2 is 1.67 bits per heavy atom. The lowest BCUT2D eigenvalue weighted by Gasteiger charge is -2.60. The molecule has 3 heteroatoms. The van der Waals surface area contributed by atoms with Crippen molar-refractivity contribution in [2.75, 3.05) is 0 Å². The van der Waals surface area contributed by atoms with Gasteiger partial charge in [-0.25, -0.2) is 0 Å². The van der Waals surface area contributed by atoms with E-state index < -0.39 is 17.3 Å². The predicted molar refractivity (Wildman–Crippen MR) is 69.2 cm³/mol. The number of aliphatic hydroxyl groups excluding tert-OH is 1. The van der Waals surface area contributed by atoms with Crippen molar-refractivity contribution in [2.45, 2.75) is 82.7 Å². The maximum absolute atomic E-state index is 10.9. The molecule has 0 aromatic heterocycles. The molecule has 2 N–H and O–H groups in total. The summed E-state index contributed by atoms with van der Waals surface area (Å²) in [6.45, 7) is 8.29. The first-order valence-electron chi connectivity index (χ1n) is 7.25. The number of aliphatic hydroxyl groups is 2. The van der Waals surface area contributed by atoms with Gasteiger partial charge in [0.1, 0.15) is 11.2 Å². The van der Waals surface area contributed by atoms with Gasteiger partial charge in [-0.15, -0.1) is 0 Å². The maximum atomic E-state index is 10.9. The zero-order valence-corrected chi connectivity index (χ0v) is 12.0. The second-order valence-corrected chi connectivity index (χ2v) is 7.73. The van der Waals surface area contributed by atoms with E-state index in [4.69, 9.17) is 4.74 Å². The molecule has 2 aliphatic carbocycles. The normalized spacial score (nSPS) is 58.3. The van der Waals surface area contributed by atoms with Crippen LogP contribution in [0.3, 0.4) is 0 Å². The van der Waals surface area contributed by atoms with E-state index in [0.717, 1.165) is 19.3 Å². The van der Waals surface area contributed by atoms with Gasteiger partial charge in [-0.3, -0.25) is 0 Å². The van der Waals surface area contributed by atoms with E-state index >= 15 is 0 Å². The van der Waals surface area contributed by atoms with Gasteiger partial charge >= 0.3 is 0 Å². The van der Waals surface area contributed by atoms with E-state index in [9.17, 15) is 10.2 Å². The number of hydrogen-bond acceptors (Lipinski definition) is 3. The molecule has 1 heterocycles. The standard InChI is InChI=1S/C15H26O3/c1-12(2)10-5-7-13(3)8-6-11(16)14(4,17)15(13,9-10)18-12/h10-11,16-17H,5-9H2,1-4H3/t10-,11+,13-,14?,15-/m1/s1. The molecular formula is C15H26O3. The quantitative estimate of drug-likeness (QED) is 0.697. The minimum absolute atomic E-state index is 0. The van der Waals surface area contributed by atoms with E-state index in [1.807, 2.05) is 0 Å². The van der Waals surface area contributed by atoms with Crippen molar-refractivity contribution in [1.29, 1.82) is 0 Å². The second kappa shape index (κ2) is 3.31. The van der Waals surface area contributed by atoms with Gasteiger partial charge < -0.3 is 14.9 Å². The molecule has 1 unspecified atom stereocenters. The van der Waals surface area contributed by atoms with E-state index in [2.05, 4.69) is 20.8 Å². The van der Waals surface area contributed by atoms with E-state index in [-0.39, 0.29) is 11.0 Å². The molecule has 104 valence electrons. The Morgan fingerprint density at radius 3 is 2.33 bits per heavy atom. The van der Waals surface area contributed by atoms with Crippen LogP contribution in [0.4, 0.5) is 0 Å². The largest absolute Gasteiger partial charge is 0.390 e. The van der Waals surface area contributed by atoms with E-state index in [0.29, 0.717) is 12.3 Å². The van der Waals surface area contributed by atoms with Crippen LogP contribution < -0.4 is 0 Å². The molecule has 1 spiro atoms. The fourth-order valence-electron chi connectivity index (χ4n) is 4.93. The molecule has 2 saturated carbocycles. The average molecular weight is 254 g/mol. The smallest absolute Gasteiger partial charge is 0.117 e. The summed E-state index contributed by atoms with van der Waals surface area (Å²) in [4.78, 5) is 0. The molecule has 1 saturated heterocycles. The summed E-state index contributed by atoms with van der Waals surface area (Å²) < 4.78 is 6.44. The SMILES string of the molecule is CC1(C)O[C@]23C[C@H]1CC[C@]2(C)CC[C@H](O)C3(C)O. The Morgan fingerprint density at radius 1 is 1.06 bits per heavy atom. The van der Waals surface area contributed by atoms with Gasteiger partial charge in [-0.2, -0.15) is 0 Å². The van der Waals surface area contributed by atoms with Gasteiger partial charge in [0.15, 0.2) is 0 Å². The molecule has 3 fully saturated rings. The first-order valence-corrected chi connectivity index (χ1v) is 7.25. The van der Waals surface area contributed by atoms with Crippen molar-refractivity contribution in [1.82, 2.24) is 0 Å². The third kappa shape index (κ3) is 1.26. The van der Waals surface area contributed by atoms with Gasteiger partial charge in [0.2, 0.25) is 0 Å². The molecule has 18 heavy (non-hydrogen) atoms. The number of hydrogen-bond donors (Lipinski definition) is 2. The van der Waals surface area contributed by atoms with Crippen LogP contribution in [0.25, 0.3) is 0 Å². The first-order chi connectivity index (χ1) is 8.15. The van der Waals surface area contributed by atoms with Gasteiger partial charge in [-0.05, 0) is 64.2 Å². The summed E-state index contributed by atoms with van der Waals surface area (Å²) in [5.74, 6) is 0.502. The molecule has 0 aromatic rings. The van der Waals surface area contributed by atoms with Crippen LogP contribution in [-0.4, -0.2) is 33.1 Å². The molecule has 5 atom stereocenters. The Hall–Kier alpha value is -0.120. The second-order valence-electron chi connectivity index (χ2n) is 7.73. The summed E-state index contributed by atoms with van der Waals surface area (Å²) in [5.41, 5.74) is -1.88. The van der Waals surface area contributed by atoms with Gasteiger partial charge in [0.25, 0.3) is 0 Å². The highest BCUT2D eigenvalue weighted by Crippen LogP contribution is 2.66. The van der Waals surface area contributed by atoms with Crippen LogP contribution in [0.2, 0.25) is 0 Å². The van der Waals surface area contributed by atoms with Crippen molar-refractivity contribution in [3.05, 3.63) is 0 Å². The molecule has 2 bridgehead atoms. The van der Waals surface area contributed by atoms with Crippen LogP contribution in [0.5, 0.6) is 0 Å². The molecule has 3 aliphatic rings. The lowest BCUT2D eigenvalue weighted by molar-refractivity contribution is -0.289. The van der Waals surface area contributed by atoms with Crippen LogP contribution >= 0.6 is 0 Å². The Labute approximate surface area is 110 Å². The van der Waals surface area contributed by atoms with Crippen molar-refractivity contribution in [2.24, 2.45) is 11.3 Å². The molecule has 0 aromatic carbocycles. The summed E-state index contributed by atoms with van der Waals surface area (Å²) in [6.07, 6.45) is 4.13. The molecule has 0 radical (unpaired) electrons. The average Bonchev–Trinajstić information content (AvgIpc) is 2.50. The monoisotopic (exact) mass is 254 g/mol. The minimum atomic E-state index is -1.13. The van der Waals surface area contributed by atoms with E-state index in [1.165, 1.54) is 6.42 Å². The molecule has 3 nitrogen and oxygen atoms in total. The van der Waals surface area contributed by atoms with Gasteiger partial charge in [-0.1, -0.05) is 6.92 Å². The predicted octanol–water partition coefficient (Wildman–Crippen LogP) is 2.25. The Kier molecular flexibility index (Phi) is 2.37. The Balaban J connectivity index is 2.12. The molecule has 3 rings (SSSR count). The zero-order chi connectivity index (χ0) is 13.4. The fourth-order valence-corrected chi connectivity index (χ4v) is 4.93. The fraction of sp³-hybridized carbons (Fsp3) is 1.00. The van der Waals surface area contributed by atoms with Gasteiger partial charge in [0.05, 0.1) is 11.7 Å². The molecular weight excluding hydrogens is 228 g/mol. The lowest BCUT2D eigenvalue weighted by Crippen LogP contribution is -2.70. The highest BCUT2D eigenvalue weighted by atomic mass is 16.6. The minimum Gasteiger partial charge on any atom is -0.390 e. The van der Waals surface area contributed by atoms with Crippen molar-refractivity contribution in [3.63, 3.8) is 0 Å². The number of fused-ring (bicyclic) bond motifs is 1. The highest BCUT2D eigenvalue weighted by molar-refractivity contribution is 5.22. The van der Waals surface area contributed by atoms with Gasteiger partial charge in [0, 0.05) is 0 Å².